The molecule has 1 aliphatic rings. The molecule has 1 aromatic heterocycles. The molecule has 0 radical (unpaired) electrons. The Morgan fingerprint density at radius 1 is 1.33 bits per heavy atom. The summed E-state index contributed by atoms with van der Waals surface area (Å²) in [5.74, 6) is -2.01. The van der Waals surface area contributed by atoms with Gasteiger partial charge in [0.1, 0.15) is 4.60 Å². The summed E-state index contributed by atoms with van der Waals surface area (Å²) in [7, 11) is 0. The fourth-order valence-corrected chi connectivity index (χ4v) is 1.79. The lowest BCUT2D eigenvalue weighted by Gasteiger charge is -2.31. The van der Waals surface area contributed by atoms with Crippen LogP contribution in [0.2, 0.25) is 0 Å². The fraction of sp³-hybridized carbons (Fsp3) is 0.556. The standard InChI is InChI=1S/C9H10BrF2N3/c10-7-1-4-13-8(14-7)15-5-2-9(11,12)3-6-15/h1,4H,2-3,5-6H2. The second-order valence-corrected chi connectivity index (χ2v) is 4.33. The van der Waals surface area contributed by atoms with Crippen molar-refractivity contribution < 1.29 is 8.78 Å². The van der Waals surface area contributed by atoms with Gasteiger partial charge >= 0.3 is 0 Å². The molecule has 0 amide bonds. The number of hydrogen-bond donors (Lipinski definition) is 0. The molecule has 6 heteroatoms. The van der Waals surface area contributed by atoms with Gasteiger partial charge in [0.25, 0.3) is 5.92 Å². The monoisotopic (exact) mass is 277 g/mol. The van der Waals surface area contributed by atoms with Crippen LogP contribution in [-0.4, -0.2) is 29.0 Å². The maximum atomic E-state index is 12.9. The van der Waals surface area contributed by atoms with E-state index in [9.17, 15) is 8.78 Å². The molecule has 0 aliphatic carbocycles. The van der Waals surface area contributed by atoms with Crippen LogP contribution < -0.4 is 4.90 Å². The van der Waals surface area contributed by atoms with Crippen LogP contribution in [-0.2, 0) is 0 Å². The van der Waals surface area contributed by atoms with Crippen LogP contribution in [0.4, 0.5) is 14.7 Å². The van der Waals surface area contributed by atoms with E-state index in [0.717, 1.165) is 0 Å². The van der Waals surface area contributed by atoms with Crippen LogP contribution in [0.25, 0.3) is 0 Å². The van der Waals surface area contributed by atoms with Gasteiger partial charge in [0, 0.05) is 32.1 Å². The Kier molecular flexibility index (Phi) is 2.86. The molecule has 0 aromatic carbocycles. The second-order valence-electron chi connectivity index (χ2n) is 3.52. The predicted molar refractivity (Wildman–Crippen MR) is 56.1 cm³/mol. The highest BCUT2D eigenvalue weighted by Crippen LogP contribution is 2.29. The molecular weight excluding hydrogens is 268 g/mol. The number of hydrogen-bond acceptors (Lipinski definition) is 3. The van der Waals surface area contributed by atoms with Crippen molar-refractivity contribution in [3.63, 3.8) is 0 Å². The van der Waals surface area contributed by atoms with Crippen molar-refractivity contribution in [1.82, 2.24) is 9.97 Å². The minimum Gasteiger partial charge on any atom is -0.340 e. The zero-order valence-corrected chi connectivity index (χ0v) is 9.54. The first-order chi connectivity index (χ1) is 7.07. The van der Waals surface area contributed by atoms with Crippen molar-refractivity contribution >= 4 is 21.9 Å². The van der Waals surface area contributed by atoms with E-state index in [2.05, 4.69) is 25.9 Å². The van der Waals surface area contributed by atoms with Gasteiger partial charge in [-0.15, -0.1) is 0 Å². The molecule has 0 bridgehead atoms. The van der Waals surface area contributed by atoms with E-state index in [1.807, 2.05) is 0 Å². The first-order valence-corrected chi connectivity index (χ1v) is 5.47. The van der Waals surface area contributed by atoms with Crippen LogP contribution in [0.1, 0.15) is 12.8 Å². The summed E-state index contributed by atoms with van der Waals surface area (Å²) in [6, 6.07) is 1.71. The molecule has 0 saturated carbocycles. The Labute approximate surface area is 94.6 Å². The summed E-state index contributed by atoms with van der Waals surface area (Å²) in [4.78, 5) is 9.96. The van der Waals surface area contributed by atoms with E-state index >= 15 is 0 Å². The molecule has 3 nitrogen and oxygen atoms in total. The van der Waals surface area contributed by atoms with Crippen LogP contribution in [0, 0.1) is 0 Å². The molecule has 0 spiro atoms. The van der Waals surface area contributed by atoms with Gasteiger partial charge in [-0.2, -0.15) is 0 Å². The Hall–Kier alpha value is -0.780. The van der Waals surface area contributed by atoms with E-state index < -0.39 is 5.92 Å². The molecule has 82 valence electrons. The Morgan fingerprint density at radius 3 is 2.60 bits per heavy atom. The number of aromatic nitrogens is 2. The van der Waals surface area contributed by atoms with Gasteiger partial charge < -0.3 is 4.90 Å². The fourth-order valence-electron chi connectivity index (χ4n) is 1.51. The largest absolute Gasteiger partial charge is 0.340 e. The van der Waals surface area contributed by atoms with E-state index in [0.29, 0.717) is 23.6 Å². The topological polar surface area (TPSA) is 29.0 Å². The maximum Gasteiger partial charge on any atom is 0.251 e. The number of halogens is 3. The second kappa shape index (κ2) is 4.00. The van der Waals surface area contributed by atoms with Gasteiger partial charge in [-0.3, -0.25) is 0 Å². The van der Waals surface area contributed by atoms with Crippen molar-refractivity contribution in [2.45, 2.75) is 18.8 Å². The van der Waals surface area contributed by atoms with Crippen LogP contribution in [0.3, 0.4) is 0 Å². The third-order valence-electron chi connectivity index (χ3n) is 2.39. The number of nitrogens with zero attached hydrogens (tertiary/aromatic N) is 3. The zero-order chi connectivity index (χ0) is 10.9. The Bertz CT molecular complexity index is 349. The van der Waals surface area contributed by atoms with E-state index in [1.54, 1.807) is 17.2 Å². The molecule has 0 atom stereocenters. The first kappa shape index (κ1) is 10.7. The molecule has 1 aliphatic heterocycles. The number of anilines is 1. The highest BCUT2D eigenvalue weighted by molar-refractivity contribution is 9.10. The predicted octanol–water partition coefficient (Wildman–Crippen LogP) is 2.47. The van der Waals surface area contributed by atoms with Gasteiger partial charge in [-0.1, -0.05) is 0 Å². The maximum absolute atomic E-state index is 12.9. The van der Waals surface area contributed by atoms with E-state index in [1.165, 1.54) is 0 Å². The molecule has 2 heterocycles. The summed E-state index contributed by atoms with van der Waals surface area (Å²) in [6.45, 7) is 0.618. The lowest BCUT2D eigenvalue weighted by Crippen LogP contribution is -2.40. The molecule has 0 unspecified atom stereocenters. The Morgan fingerprint density at radius 2 is 2.00 bits per heavy atom. The van der Waals surface area contributed by atoms with Crippen LogP contribution >= 0.6 is 15.9 Å². The molecule has 1 fully saturated rings. The van der Waals surface area contributed by atoms with Crippen molar-refractivity contribution in [3.8, 4) is 0 Å². The zero-order valence-electron chi connectivity index (χ0n) is 7.96. The van der Waals surface area contributed by atoms with Gasteiger partial charge in [-0.25, -0.2) is 18.7 Å². The minimum absolute atomic E-state index is 0.122. The summed E-state index contributed by atoms with van der Waals surface area (Å²) in [6.07, 6.45) is 1.37. The van der Waals surface area contributed by atoms with Crippen LogP contribution in [0.15, 0.2) is 16.9 Å². The highest BCUT2D eigenvalue weighted by atomic mass is 79.9. The van der Waals surface area contributed by atoms with E-state index in [-0.39, 0.29) is 12.8 Å². The van der Waals surface area contributed by atoms with Crippen LogP contribution in [0.5, 0.6) is 0 Å². The smallest absolute Gasteiger partial charge is 0.251 e. The first-order valence-electron chi connectivity index (χ1n) is 4.68. The summed E-state index contributed by atoms with van der Waals surface area (Å²) in [5, 5.41) is 0. The third kappa shape index (κ3) is 2.62. The molecule has 0 N–H and O–H groups in total. The molecule has 1 saturated heterocycles. The Balaban J connectivity index is 2.08. The summed E-state index contributed by atoms with van der Waals surface area (Å²) < 4.78 is 26.5. The van der Waals surface area contributed by atoms with Gasteiger partial charge in [-0.05, 0) is 22.0 Å². The number of piperidine rings is 1. The minimum atomic E-state index is -2.53. The molecular formula is C9H10BrF2N3. The van der Waals surface area contributed by atoms with Gasteiger partial charge in [0.2, 0.25) is 5.95 Å². The van der Waals surface area contributed by atoms with Crippen molar-refractivity contribution in [3.05, 3.63) is 16.9 Å². The normalized spacial score (nSPS) is 20.3. The SMILES string of the molecule is FC1(F)CCN(c2nccc(Br)n2)CC1. The third-order valence-corrected chi connectivity index (χ3v) is 2.83. The molecule has 2 rings (SSSR count). The van der Waals surface area contributed by atoms with Crippen molar-refractivity contribution in [2.24, 2.45) is 0 Å². The van der Waals surface area contributed by atoms with Gasteiger partial charge in [0.05, 0.1) is 0 Å². The number of alkyl halides is 2. The van der Waals surface area contributed by atoms with Crippen molar-refractivity contribution in [2.75, 3.05) is 18.0 Å². The van der Waals surface area contributed by atoms with E-state index in [4.69, 9.17) is 0 Å². The average Bonchev–Trinajstić information content (AvgIpc) is 2.17. The molecule has 15 heavy (non-hydrogen) atoms. The van der Waals surface area contributed by atoms with Gasteiger partial charge in [0.15, 0.2) is 0 Å². The summed E-state index contributed by atoms with van der Waals surface area (Å²) in [5.41, 5.74) is 0. The quantitative estimate of drug-likeness (QED) is 0.739. The molecule has 1 aromatic rings. The summed E-state index contributed by atoms with van der Waals surface area (Å²) >= 11 is 3.23. The average molecular weight is 278 g/mol. The lowest BCUT2D eigenvalue weighted by atomic mass is 10.1. The highest BCUT2D eigenvalue weighted by Gasteiger charge is 2.34. The lowest BCUT2D eigenvalue weighted by molar-refractivity contribution is -0.0222. The number of rotatable bonds is 1. The van der Waals surface area contributed by atoms with Crippen molar-refractivity contribution in [1.29, 1.82) is 0 Å².